The minimum atomic E-state index is 0.163. The summed E-state index contributed by atoms with van der Waals surface area (Å²) in [5.74, 6) is 1.53. The SMILES string of the molecule is CCCCOc1ccc(CCNC(=O)C[C@@H]2C=CCC2)cc1. The molecule has 0 aliphatic heterocycles. The first-order valence-corrected chi connectivity index (χ1v) is 8.43. The number of unbranched alkanes of at least 4 members (excludes halogenated alkanes) is 1. The lowest BCUT2D eigenvalue weighted by molar-refractivity contribution is -0.121. The second-order valence-corrected chi connectivity index (χ2v) is 5.92. The van der Waals surface area contributed by atoms with Crippen molar-refractivity contribution in [3.05, 3.63) is 42.0 Å². The monoisotopic (exact) mass is 301 g/mol. The number of hydrogen-bond donors (Lipinski definition) is 1. The molecule has 3 nitrogen and oxygen atoms in total. The number of amides is 1. The van der Waals surface area contributed by atoms with Gasteiger partial charge in [0, 0.05) is 13.0 Å². The standard InChI is InChI=1S/C19H27NO2/c1-2-3-14-22-18-10-8-16(9-11-18)12-13-20-19(21)15-17-6-4-5-7-17/h4,6,8-11,17H,2-3,5,7,12-15H2,1H3,(H,20,21)/t17-/m1/s1. The van der Waals surface area contributed by atoms with Crippen molar-refractivity contribution in [1.29, 1.82) is 0 Å². The molecule has 0 saturated heterocycles. The van der Waals surface area contributed by atoms with Gasteiger partial charge in [-0.2, -0.15) is 0 Å². The second kappa shape index (κ2) is 9.29. The van der Waals surface area contributed by atoms with Crippen LogP contribution in [-0.4, -0.2) is 19.1 Å². The number of carbonyl (C=O) groups excluding carboxylic acids is 1. The molecule has 0 bridgehead atoms. The van der Waals surface area contributed by atoms with Crippen molar-refractivity contribution in [3.63, 3.8) is 0 Å². The zero-order valence-electron chi connectivity index (χ0n) is 13.5. The second-order valence-electron chi connectivity index (χ2n) is 5.92. The van der Waals surface area contributed by atoms with Crippen LogP contribution in [0.1, 0.15) is 44.6 Å². The number of nitrogens with one attached hydrogen (secondary N) is 1. The number of carbonyl (C=O) groups is 1. The van der Waals surface area contributed by atoms with E-state index >= 15 is 0 Å². The van der Waals surface area contributed by atoms with Crippen molar-refractivity contribution in [2.45, 2.75) is 45.4 Å². The third-order valence-electron chi connectivity index (χ3n) is 3.99. The lowest BCUT2D eigenvalue weighted by atomic mass is 10.1. The van der Waals surface area contributed by atoms with E-state index in [0.29, 0.717) is 18.9 Å². The lowest BCUT2D eigenvalue weighted by Gasteiger charge is -2.09. The molecule has 1 atom stereocenters. The van der Waals surface area contributed by atoms with E-state index < -0.39 is 0 Å². The highest BCUT2D eigenvalue weighted by atomic mass is 16.5. The molecule has 0 fully saturated rings. The van der Waals surface area contributed by atoms with Crippen molar-refractivity contribution >= 4 is 5.91 Å². The first-order chi connectivity index (χ1) is 10.8. The topological polar surface area (TPSA) is 38.3 Å². The lowest BCUT2D eigenvalue weighted by Crippen LogP contribution is -2.26. The number of ether oxygens (including phenoxy) is 1. The molecular formula is C19H27NO2. The van der Waals surface area contributed by atoms with Gasteiger partial charge < -0.3 is 10.1 Å². The molecule has 1 aliphatic carbocycles. The molecule has 0 unspecified atom stereocenters. The minimum Gasteiger partial charge on any atom is -0.494 e. The zero-order chi connectivity index (χ0) is 15.6. The molecule has 0 aromatic heterocycles. The fourth-order valence-electron chi connectivity index (χ4n) is 2.61. The Balaban J connectivity index is 1.63. The number of rotatable bonds is 9. The Bertz CT molecular complexity index is 479. The first-order valence-electron chi connectivity index (χ1n) is 8.43. The molecule has 1 aliphatic rings. The largest absolute Gasteiger partial charge is 0.494 e. The maximum atomic E-state index is 11.8. The van der Waals surface area contributed by atoms with Gasteiger partial charge in [0.25, 0.3) is 0 Å². The number of benzene rings is 1. The van der Waals surface area contributed by atoms with Gasteiger partial charge in [-0.25, -0.2) is 0 Å². The van der Waals surface area contributed by atoms with Crippen LogP contribution in [0.5, 0.6) is 5.75 Å². The van der Waals surface area contributed by atoms with Crippen molar-refractivity contribution in [2.24, 2.45) is 5.92 Å². The van der Waals surface area contributed by atoms with Crippen LogP contribution in [0.25, 0.3) is 0 Å². The Morgan fingerprint density at radius 3 is 2.82 bits per heavy atom. The third kappa shape index (κ3) is 5.92. The fourth-order valence-corrected chi connectivity index (χ4v) is 2.61. The van der Waals surface area contributed by atoms with Gasteiger partial charge in [-0.3, -0.25) is 4.79 Å². The minimum absolute atomic E-state index is 0.163. The molecule has 3 heteroatoms. The average Bonchev–Trinajstić information content (AvgIpc) is 3.02. The summed E-state index contributed by atoms with van der Waals surface area (Å²) < 4.78 is 5.64. The molecule has 0 heterocycles. The van der Waals surface area contributed by atoms with Crippen LogP contribution in [0.4, 0.5) is 0 Å². The Kier molecular flexibility index (Phi) is 7.01. The smallest absolute Gasteiger partial charge is 0.220 e. The van der Waals surface area contributed by atoms with E-state index in [1.807, 2.05) is 12.1 Å². The summed E-state index contributed by atoms with van der Waals surface area (Å²) >= 11 is 0. The van der Waals surface area contributed by atoms with Gasteiger partial charge in [-0.15, -0.1) is 0 Å². The van der Waals surface area contributed by atoms with Crippen molar-refractivity contribution in [3.8, 4) is 5.75 Å². The van der Waals surface area contributed by atoms with Gasteiger partial charge in [0.2, 0.25) is 5.91 Å². The predicted molar refractivity (Wildman–Crippen MR) is 90.0 cm³/mol. The van der Waals surface area contributed by atoms with E-state index in [4.69, 9.17) is 4.74 Å². The van der Waals surface area contributed by atoms with E-state index in [1.54, 1.807) is 0 Å². The highest BCUT2D eigenvalue weighted by molar-refractivity contribution is 5.76. The van der Waals surface area contributed by atoms with Crippen LogP contribution in [0.2, 0.25) is 0 Å². The van der Waals surface area contributed by atoms with E-state index in [-0.39, 0.29) is 5.91 Å². The number of allylic oxidation sites excluding steroid dienone is 2. The maximum Gasteiger partial charge on any atom is 0.220 e. The summed E-state index contributed by atoms with van der Waals surface area (Å²) in [4.78, 5) is 11.8. The predicted octanol–water partition coefficient (Wildman–Crippen LogP) is 3.88. The van der Waals surface area contributed by atoms with E-state index in [0.717, 1.165) is 44.5 Å². The van der Waals surface area contributed by atoms with Gasteiger partial charge in [0.15, 0.2) is 0 Å². The van der Waals surface area contributed by atoms with Crippen LogP contribution < -0.4 is 10.1 Å². The Hall–Kier alpha value is -1.77. The van der Waals surface area contributed by atoms with Gasteiger partial charge in [0.1, 0.15) is 5.75 Å². The first kappa shape index (κ1) is 16.6. The molecule has 2 rings (SSSR count). The average molecular weight is 301 g/mol. The van der Waals surface area contributed by atoms with Crippen LogP contribution in [0.3, 0.4) is 0 Å². The molecule has 1 amide bonds. The molecule has 1 aromatic rings. The van der Waals surface area contributed by atoms with E-state index in [9.17, 15) is 4.79 Å². The molecular weight excluding hydrogens is 274 g/mol. The quantitative estimate of drug-likeness (QED) is 0.555. The van der Waals surface area contributed by atoms with Gasteiger partial charge in [-0.1, -0.05) is 37.6 Å². The van der Waals surface area contributed by atoms with Crippen LogP contribution >= 0.6 is 0 Å². The van der Waals surface area contributed by atoms with Crippen LogP contribution in [0, 0.1) is 5.92 Å². The zero-order valence-corrected chi connectivity index (χ0v) is 13.5. The molecule has 0 saturated carbocycles. The molecule has 0 radical (unpaired) electrons. The van der Waals surface area contributed by atoms with E-state index in [1.165, 1.54) is 5.56 Å². The molecule has 1 aromatic carbocycles. The summed E-state index contributed by atoms with van der Waals surface area (Å²) in [6.07, 6.45) is 10.3. The molecule has 22 heavy (non-hydrogen) atoms. The summed E-state index contributed by atoms with van der Waals surface area (Å²) in [5, 5.41) is 3.01. The van der Waals surface area contributed by atoms with E-state index in [2.05, 4.69) is 36.5 Å². The van der Waals surface area contributed by atoms with Gasteiger partial charge in [-0.05, 0) is 49.3 Å². The Labute approximate surface area is 133 Å². The highest BCUT2D eigenvalue weighted by Gasteiger charge is 2.13. The van der Waals surface area contributed by atoms with Crippen molar-refractivity contribution in [1.82, 2.24) is 5.32 Å². The highest BCUT2D eigenvalue weighted by Crippen LogP contribution is 2.20. The van der Waals surface area contributed by atoms with Gasteiger partial charge >= 0.3 is 0 Å². The molecule has 0 spiro atoms. The summed E-state index contributed by atoms with van der Waals surface area (Å²) in [6, 6.07) is 8.17. The van der Waals surface area contributed by atoms with Gasteiger partial charge in [0.05, 0.1) is 6.61 Å². The Morgan fingerprint density at radius 2 is 2.14 bits per heavy atom. The summed E-state index contributed by atoms with van der Waals surface area (Å²) in [5.41, 5.74) is 1.23. The summed E-state index contributed by atoms with van der Waals surface area (Å²) in [7, 11) is 0. The molecule has 120 valence electrons. The summed E-state index contributed by atoms with van der Waals surface area (Å²) in [6.45, 7) is 3.64. The Morgan fingerprint density at radius 1 is 1.32 bits per heavy atom. The van der Waals surface area contributed by atoms with Crippen LogP contribution in [0.15, 0.2) is 36.4 Å². The fraction of sp³-hybridized carbons (Fsp3) is 0.526. The maximum absolute atomic E-state index is 11.8. The third-order valence-corrected chi connectivity index (χ3v) is 3.99. The normalized spacial score (nSPS) is 16.7. The molecule has 1 N–H and O–H groups in total. The number of hydrogen-bond acceptors (Lipinski definition) is 2. The van der Waals surface area contributed by atoms with Crippen molar-refractivity contribution in [2.75, 3.05) is 13.2 Å². The van der Waals surface area contributed by atoms with Crippen LogP contribution in [-0.2, 0) is 11.2 Å². The van der Waals surface area contributed by atoms with Crippen molar-refractivity contribution < 1.29 is 9.53 Å².